The Bertz CT molecular complexity index is 587. The van der Waals surface area contributed by atoms with Gasteiger partial charge in [-0.25, -0.2) is 0 Å². The van der Waals surface area contributed by atoms with Crippen molar-refractivity contribution < 1.29 is 4.79 Å². The van der Waals surface area contributed by atoms with Crippen molar-refractivity contribution >= 4 is 29.1 Å². The highest BCUT2D eigenvalue weighted by molar-refractivity contribution is 6.35. The predicted molar refractivity (Wildman–Crippen MR) is 76.5 cm³/mol. The van der Waals surface area contributed by atoms with E-state index in [0.717, 1.165) is 5.56 Å². The summed E-state index contributed by atoms with van der Waals surface area (Å²) in [5.74, 6) is -0.163. The fraction of sp³-hybridized carbons (Fsp3) is 0.143. The largest absolute Gasteiger partial charge is 0.337 e. The minimum atomic E-state index is -0.163. The fourth-order valence-corrected chi connectivity index (χ4v) is 2.07. The molecular weight excluding hydrogens is 283 g/mol. The number of nitrogens with zero attached hydrogens (tertiary/aromatic N) is 2. The molecule has 0 unspecified atom stereocenters. The molecule has 0 N–H and O–H groups in total. The van der Waals surface area contributed by atoms with Gasteiger partial charge in [0, 0.05) is 31.0 Å². The van der Waals surface area contributed by atoms with Crippen LogP contribution in [0.1, 0.15) is 15.9 Å². The van der Waals surface area contributed by atoms with Gasteiger partial charge in [-0.2, -0.15) is 0 Å². The molecule has 0 atom stereocenters. The zero-order valence-electron chi connectivity index (χ0n) is 10.3. The Morgan fingerprint density at radius 3 is 2.58 bits per heavy atom. The van der Waals surface area contributed by atoms with E-state index in [0.29, 0.717) is 22.2 Å². The number of rotatable bonds is 3. The number of hydrogen-bond donors (Lipinski definition) is 0. The number of aromatic nitrogens is 1. The second-order valence-corrected chi connectivity index (χ2v) is 4.98. The number of halogens is 2. The normalized spacial score (nSPS) is 10.3. The first-order valence-electron chi connectivity index (χ1n) is 5.67. The molecule has 5 heteroatoms. The quantitative estimate of drug-likeness (QED) is 0.865. The van der Waals surface area contributed by atoms with E-state index < -0.39 is 0 Å². The van der Waals surface area contributed by atoms with Crippen molar-refractivity contribution in [3.05, 3.63) is 63.9 Å². The van der Waals surface area contributed by atoms with Gasteiger partial charge in [0.1, 0.15) is 0 Å². The van der Waals surface area contributed by atoms with Crippen LogP contribution in [0.25, 0.3) is 0 Å². The Morgan fingerprint density at radius 1 is 1.21 bits per heavy atom. The van der Waals surface area contributed by atoms with Gasteiger partial charge in [-0.3, -0.25) is 9.78 Å². The van der Waals surface area contributed by atoms with Crippen molar-refractivity contribution in [2.24, 2.45) is 0 Å². The Labute approximate surface area is 121 Å². The smallest absolute Gasteiger partial charge is 0.255 e. The predicted octanol–water partition coefficient (Wildman–Crippen LogP) is 3.66. The standard InChI is InChI=1S/C14H12Cl2N2O/c1-18(9-10-4-6-17-7-5-10)14(19)12-8-11(15)2-3-13(12)16/h2-8H,9H2,1H3. The lowest BCUT2D eigenvalue weighted by atomic mass is 10.2. The summed E-state index contributed by atoms with van der Waals surface area (Å²) in [7, 11) is 1.72. The summed E-state index contributed by atoms with van der Waals surface area (Å²) in [6.45, 7) is 0.490. The third-order valence-electron chi connectivity index (χ3n) is 2.67. The zero-order valence-corrected chi connectivity index (χ0v) is 11.8. The molecule has 0 aliphatic carbocycles. The minimum Gasteiger partial charge on any atom is -0.337 e. The number of pyridine rings is 1. The maximum Gasteiger partial charge on any atom is 0.255 e. The van der Waals surface area contributed by atoms with Crippen LogP contribution in [0.2, 0.25) is 10.0 Å². The molecule has 1 amide bonds. The second-order valence-electron chi connectivity index (χ2n) is 4.14. The summed E-state index contributed by atoms with van der Waals surface area (Å²) in [4.78, 5) is 17.8. The molecule has 0 fully saturated rings. The number of carbonyl (C=O) groups excluding carboxylic acids is 1. The first-order chi connectivity index (χ1) is 9.08. The van der Waals surface area contributed by atoms with E-state index >= 15 is 0 Å². The number of hydrogen-bond acceptors (Lipinski definition) is 2. The molecule has 0 saturated carbocycles. The highest BCUT2D eigenvalue weighted by Crippen LogP contribution is 2.22. The van der Waals surface area contributed by atoms with Crippen molar-refractivity contribution in [3.8, 4) is 0 Å². The maximum absolute atomic E-state index is 12.3. The third kappa shape index (κ3) is 3.46. The van der Waals surface area contributed by atoms with Crippen LogP contribution in [0.3, 0.4) is 0 Å². The molecule has 0 bridgehead atoms. The first kappa shape index (κ1) is 13.8. The summed E-state index contributed by atoms with van der Waals surface area (Å²) < 4.78 is 0. The van der Waals surface area contributed by atoms with Gasteiger partial charge < -0.3 is 4.90 Å². The summed E-state index contributed by atoms with van der Waals surface area (Å²) in [5, 5.41) is 0.890. The van der Waals surface area contributed by atoms with Crippen LogP contribution >= 0.6 is 23.2 Å². The average molecular weight is 295 g/mol. The van der Waals surface area contributed by atoms with Crippen LogP contribution in [-0.2, 0) is 6.54 Å². The van der Waals surface area contributed by atoms with Crippen molar-refractivity contribution in [1.82, 2.24) is 9.88 Å². The van der Waals surface area contributed by atoms with E-state index in [1.54, 1.807) is 42.5 Å². The van der Waals surface area contributed by atoms with Crippen molar-refractivity contribution in [2.75, 3.05) is 7.05 Å². The van der Waals surface area contributed by atoms with Crippen LogP contribution in [-0.4, -0.2) is 22.8 Å². The topological polar surface area (TPSA) is 33.2 Å². The van der Waals surface area contributed by atoms with E-state index in [-0.39, 0.29) is 5.91 Å². The molecule has 1 heterocycles. The van der Waals surface area contributed by atoms with Crippen molar-refractivity contribution in [1.29, 1.82) is 0 Å². The molecule has 1 aromatic carbocycles. The summed E-state index contributed by atoms with van der Waals surface area (Å²) in [6.07, 6.45) is 3.39. The van der Waals surface area contributed by atoms with Gasteiger partial charge in [0.25, 0.3) is 5.91 Å². The molecule has 19 heavy (non-hydrogen) atoms. The fourth-order valence-electron chi connectivity index (χ4n) is 1.70. The molecule has 98 valence electrons. The SMILES string of the molecule is CN(Cc1ccncc1)C(=O)c1cc(Cl)ccc1Cl. The highest BCUT2D eigenvalue weighted by Gasteiger charge is 2.15. The van der Waals surface area contributed by atoms with Crippen LogP contribution in [0.15, 0.2) is 42.7 Å². The van der Waals surface area contributed by atoms with E-state index in [1.165, 1.54) is 0 Å². The lowest BCUT2D eigenvalue weighted by molar-refractivity contribution is 0.0785. The molecule has 0 aliphatic rings. The van der Waals surface area contributed by atoms with Gasteiger partial charge in [-0.1, -0.05) is 23.2 Å². The van der Waals surface area contributed by atoms with Crippen LogP contribution in [0.5, 0.6) is 0 Å². The summed E-state index contributed by atoms with van der Waals surface area (Å²) in [6, 6.07) is 8.59. The lowest BCUT2D eigenvalue weighted by Crippen LogP contribution is -2.26. The van der Waals surface area contributed by atoms with Gasteiger partial charge in [-0.05, 0) is 35.9 Å². The minimum absolute atomic E-state index is 0.163. The molecule has 2 rings (SSSR count). The van der Waals surface area contributed by atoms with Gasteiger partial charge in [0.15, 0.2) is 0 Å². The Kier molecular flexibility index (Phi) is 4.40. The Hall–Kier alpha value is -1.58. The van der Waals surface area contributed by atoms with Crippen molar-refractivity contribution in [3.63, 3.8) is 0 Å². The van der Waals surface area contributed by atoms with E-state index in [9.17, 15) is 4.79 Å². The van der Waals surface area contributed by atoms with E-state index in [1.807, 2.05) is 12.1 Å². The van der Waals surface area contributed by atoms with E-state index in [2.05, 4.69) is 4.98 Å². The molecule has 0 spiro atoms. The zero-order chi connectivity index (χ0) is 13.8. The van der Waals surface area contributed by atoms with Gasteiger partial charge in [-0.15, -0.1) is 0 Å². The van der Waals surface area contributed by atoms with E-state index in [4.69, 9.17) is 23.2 Å². The molecule has 0 aliphatic heterocycles. The highest BCUT2D eigenvalue weighted by atomic mass is 35.5. The maximum atomic E-state index is 12.3. The van der Waals surface area contributed by atoms with Gasteiger partial charge >= 0.3 is 0 Å². The van der Waals surface area contributed by atoms with Crippen molar-refractivity contribution in [2.45, 2.75) is 6.54 Å². The lowest BCUT2D eigenvalue weighted by Gasteiger charge is -2.18. The Morgan fingerprint density at radius 2 is 1.89 bits per heavy atom. The Balaban J connectivity index is 2.17. The average Bonchev–Trinajstić information content (AvgIpc) is 2.42. The second kappa shape index (κ2) is 6.04. The van der Waals surface area contributed by atoms with Crippen LogP contribution in [0, 0.1) is 0 Å². The number of carbonyl (C=O) groups is 1. The monoisotopic (exact) mass is 294 g/mol. The molecule has 0 radical (unpaired) electrons. The number of benzene rings is 1. The molecule has 2 aromatic rings. The van der Waals surface area contributed by atoms with Gasteiger partial charge in [0.05, 0.1) is 10.6 Å². The molecular formula is C14H12Cl2N2O. The summed E-state index contributed by atoms with van der Waals surface area (Å²) >= 11 is 11.9. The van der Waals surface area contributed by atoms with Crippen LogP contribution in [0.4, 0.5) is 0 Å². The molecule has 3 nitrogen and oxygen atoms in total. The van der Waals surface area contributed by atoms with Gasteiger partial charge in [0.2, 0.25) is 0 Å². The third-order valence-corrected chi connectivity index (χ3v) is 3.24. The molecule has 0 saturated heterocycles. The van der Waals surface area contributed by atoms with Crippen LogP contribution < -0.4 is 0 Å². The first-order valence-corrected chi connectivity index (χ1v) is 6.43. The molecule has 1 aromatic heterocycles. The summed E-state index contributed by atoms with van der Waals surface area (Å²) in [5.41, 5.74) is 1.41. The number of amides is 1.